The van der Waals surface area contributed by atoms with E-state index in [2.05, 4.69) is 22.2 Å². The third-order valence-electron chi connectivity index (χ3n) is 2.91. The summed E-state index contributed by atoms with van der Waals surface area (Å²) in [6, 6.07) is 0. The molecular weight excluding hydrogens is 334 g/mol. The fraction of sp³-hybridized carbons (Fsp3) is 0.467. The van der Waals surface area contributed by atoms with Crippen LogP contribution >= 0.6 is 22.7 Å². The molecule has 2 rings (SSSR count). The fourth-order valence-corrected chi connectivity index (χ4v) is 3.71. The molecule has 2 heterocycles. The molecule has 1 amide bonds. The molecule has 0 aromatic carbocycles. The Morgan fingerprint density at radius 1 is 1.30 bits per heavy atom. The average molecular weight is 353 g/mol. The zero-order valence-electron chi connectivity index (χ0n) is 13.3. The zero-order valence-corrected chi connectivity index (χ0v) is 15.0. The van der Waals surface area contributed by atoms with Gasteiger partial charge in [0, 0.05) is 5.38 Å². The molecule has 0 radical (unpaired) electrons. The number of aryl methyl sites for hydroxylation is 2. The number of carbonyl (C=O) groups excluding carboxylic acids is 2. The highest BCUT2D eigenvalue weighted by atomic mass is 32.1. The minimum absolute atomic E-state index is 0.112. The zero-order chi connectivity index (χ0) is 16.8. The molecule has 0 fully saturated rings. The number of hydrogen-bond donors (Lipinski definition) is 1. The molecule has 0 atom stereocenters. The van der Waals surface area contributed by atoms with Crippen LogP contribution in [-0.2, 0) is 22.4 Å². The fourth-order valence-electron chi connectivity index (χ4n) is 1.94. The van der Waals surface area contributed by atoms with Gasteiger partial charge in [0.2, 0.25) is 0 Å². The standard InChI is InChI=1S/C15H19N3O3S2/c1-4-6-11-16-9(3)13(23-11)14(20)18-15-17-10(8-22-15)7-12(19)21-5-2/h8H,4-7H2,1-3H3,(H,17,18,20). The van der Waals surface area contributed by atoms with E-state index in [1.807, 2.05) is 6.92 Å². The lowest BCUT2D eigenvalue weighted by atomic mass is 10.3. The SMILES string of the molecule is CCCc1nc(C)c(C(=O)Nc2nc(CC(=O)OCC)cs2)s1. The van der Waals surface area contributed by atoms with Gasteiger partial charge in [-0.3, -0.25) is 14.9 Å². The largest absolute Gasteiger partial charge is 0.466 e. The first-order valence-corrected chi connectivity index (χ1v) is 9.10. The number of anilines is 1. The second-order valence-corrected chi connectivity index (χ2v) is 6.79. The summed E-state index contributed by atoms with van der Waals surface area (Å²) >= 11 is 2.70. The monoisotopic (exact) mass is 353 g/mol. The Balaban J connectivity index is 2.00. The lowest BCUT2D eigenvalue weighted by Gasteiger charge is -2.00. The summed E-state index contributed by atoms with van der Waals surface area (Å²) < 4.78 is 4.88. The molecule has 0 aliphatic carbocycles. The maximum Gasteiger partial charge on any atom is 0.311 e. The number of hydrogen-bond acceptors (Lipinski definition) is 7. The highest BCUT2D eigenvalue weighted by molar-refractivity contribution is 7.15. The summed E-state index contributed by atoms with van der Waals surface area (Å²) in [4.78, 5) is 33.0. The first-order chi connectivity index (χ1) is 11.0. The molecule has 124 valence electrons. The van der Waals surface area contributed by atoms with E-state index in [4.69, 9.17) is 4.74 Å². The van der Waals surface area contributed by atoms with Gasteiger partial charge in [0.25, 0.3) is 5.91 Å². The van der Waals surface area contributed by atoms with Gasteiger partial charge in [0.1, 0.15) is 4.88 Å². The number of thiazole rings is 2. The van der Waals surface area contributed by atoms with Crippen LogP contribution < -0.4 is 5.32 Å². The van der Waals surface area contributed by atoms with Crippen LogP contribution in [0.2, 0.25) is 0 Å². The number of esters is 1. The molecule has 6 nitrogen and oxygen atoms in total. The number of rotatable bonds is 7. The molecule has 0 bridgehead atoms. The average Bonchev–Trinajstić information content (AvgIpc) is 3.06. The molecule has 0 unspecified atom stereocenters. The lowest BCUT2D eigenvalue weighted by Crippen LogP contribution is -2.12. The maximum absolute atomic E-state index is 12.3. The van der Waals surface area contributed by atoms with Crippen molar-refractivity contribution in [1.82, 2.24) is 9.97 Å². The number of nitrogens with one attached hydrogen (secondary N) is 1. The molecular formula is C15H19N3O3S2. The van der Waals surface area contributed by atoms with Crippen LogP contribution in [0.5, 0.6) is 0 Å². The number of nitrogens with zero attached hydrogens (tertiary/aromatic N) is 2. The van der Waals surface area contributed by atoms with Crippen molar-refractivity contribution in [1.29, 1.82) is 0 Å². The van der Waals surface area contributed by atoms with Crippen molar-refractivity contribution >= 4 is 39.7 Å². The van der Waals surface area contributed by atoms with E-state index in [-0.39, 0.29) is 18.3 Å². The smallest absolute Gasteiger partial charge is 0.311 e. The van der Waals surface area contributed by atoms with E-state index in [1.54, 1.807) is 12.3 Å². The van der Waals surface area contributed by atoms with Crippen molar-refractivity contribution in [3.05, 3.63) is 26.7 Å². The predicted octanol–water partition coefficient (Wildman–Crippen LogP) is 3.22. The number of carbonyl (C=O) groups is 2. The summed E-state index contributed by atoms with van der Waals surface area (Å²) in [7, 11) is 0. The summed E-state index contributed by atoms with van der Waals surface area (Å²) in [6.45, 7) is 6.02. The van der Waals surface area contributed by atoms with Crippen LogP contribution in [0.25, 0.3) is 0 Å². The summed E-state index contributed by atoms with van der Waals surface area (Å²) in [5, 5.41) is 5.95. The van der Waals surface area contributed by atoms with Gasteiger partial charge in [-0.2, -0.15) is 0 Å². The quantitative estimate of drug-likeness (QED) is 0.773. The first-order valence-electron chi connectivity index (χ1n) is 7.41. The molecule has 23 heavy (non-hydrogen) atoms. The Bertz CT molecular complexity index is 694. The van der Waals surface area contributed by atoms with Gasteiger partial charge >= 0.3 is 5.97 Å². The minimum atomic E-state index is -0.321. The third kappa shape index (κ3) is 4.84. The predicted molar refractivity (Wildman–Crippen MR) is 91.3 cm³/mol. The minimum Gasteiger partial charge on any atom is -0.466 e. The molecule has 0 spiro atoms. The van der Waals surface area contributed by atoms with Crippen molar-refractivity contribution < 1.29 is 14.3 Å². The van der Waals surface area contributed by atoms with E-state index in [9.17, 15) is 9.59 Å². The summed E-state index contributed by atoms with van der Waals surface area (Å²) in [5.74, 6) is -0.530. The normalized spacial score (nSPS) is 10.6. The van der Waals surface area contributed by atoms with Gasteiger partial charge in [-0.05, 0) is 26.7 Å². The Hall–Kier alpha value is -1.80. The Morgan fingerprint density at radius 2 is 2.09 bits per heavy atom. The second kappa shape index (κ2) is 8.16. The number of ether oxygens (including phenoxy) is 1. The first kappa shape index (κ1) is 17.6. The van der Waals surface area contributed by atoms with Crippen LogP contribution in [0.4, 0.5) is 5.13 Å². The van der Waals surface area contributed by atoms with Gasteiger partial charge in [-0.25, -0.2) is 9.97 Å². The van der Waals surface area contributed by atoms with E-state index in [1.165, 1.54) is 22.7 Å². The Morgan fingerprint density at radius 3 is 2.78 bits per heavy atom. The van der Waals surface area contributed by atoms with E-state index in [0.717, 1.165) is 23.5 Å². The number of aromatic nitrogens is 2. The second-order valence-electron chi connectivity index (χ2n) is 4.85. The van der Waals surface area contributed by atoms with Gasteiger partial charge in [0.05, 0.1) is 29.4 Å². The Labute approximate surface area is 142 Å². The molecule has 8 heteroatoms. The molecule has 0 aliphatic heterocycles. The third-order valence-corrected chi connectivity index (χ3v) is 4.94. The van der Waals surface area contributed by atoms with Crippen molar-refractivity contribution in [2.75, 3.05) is 11.9 Å². The topological polar surface area (TPSA) is 81.2 Å². The van der Waals surface area contributed by atoms with E-state index >= 15 is 0 Å². The number of amides is 1. The highest BCUT2D eigenvalue weighted by Gasteiger charge is 2.17. The van der Waals surface area contributed by atoms with Crippen molar-refractivity contribution in [3.63, 3.8) is 0 Å². The Kier molecular flexibility index (Phi) is 6.23. The maximum atomic E-state index is 12.3. The molecule has 2 aromatic rings. The van der Waals surface area contributed by atoms with Crippen molar-refractivity contribution in [2.24, 2.45) is 0 Å². The van der Waals surface area contributed by atoms with E-state index < -0.39 is 0 Å². The summed E-state index contributed by atoms with van der Waals surface area (Å²) in [6.07, 6.45) is 1.98. The van der Waals surface area contributed by atoms with Gasteiger partial charge < -0.3 is 4.74 Å². The molecule has 0 aliphatic rings. The molecule has 0 saturated carbocycles. The van der Waals surface area contributed by atoms with Crippen LogP contribution in [0, 0.1) is 6.92 Å². The van der Waals surface area contributed by atoms with Crippen molar-refractivity contribution in [2.45, 2.75) is 40.0 Å². The lowest BCUT2D eigenvalue weighted by molar-refractivity contribution is -0.142. The summed E-state index contributed by atoms with van der Waals surface area (Å²) in [5.41, 5.74) is 1.33. The molecule has 1 N–H and O–H groups in total. The van der Waals surface area contributed by atoms with Crippen LogP contribution in [-0.4, -0.2) is 28.5 Å². The van der Waals surface area contributed by atoms with Crippen LogP contribution in [0.3, 0.4) is 0 Å². The molecule has 0 saturated heterocycles. The van der Waals surface area contributed by atoms with E-state index in [0.29, 0.717) is 22.3 Å². The van der Waals surface area contributed by atoms with Gasteiger partial charge in [-0.1, -0.05) is 6.92 Å². The van der Waals surface area contributed by atoms with Crippen LogP contribution in [0.15, 0.2) is 5.38 Å². The van der Waals surface area contributed by atoms with Gasteiger partial charge in [0.15, 0.2) is 5.13 Å². The molecule has 2 aromatic heterocycles. The van der Waals surface area contributed by atoms with Crippen LogP contribution in [0.1, 0.15) is 46.3 Å². The highest BCUT2D eigenvalue weighted by Crippen LogP contribution is 2.22. The van der Waals surface area contributed by atoms with Crippen molar-refractivity contribution in [3.8, 4) is 0 Å². The van der Waals surface area contributed by atoms with Gasteiger partial charge in [-0.15, -0.1) is 22.7 Å².